The van der Waals surface area contributed by atoms with Crippen molar-refractivity contribution in [2.24, 2.45) is 0 Å². The summed E-state index contributed by atoms with van der Waals surface area (Å²) in [7, 11) is 0. The molecule has 0 radical (unpaired) electrons. The Labute approximate surface area is 132 Å². The number of aryl methyl sites for hydroxylation is 1. The summed E-state index contributed by atoms with van der Waals surface area (Å²) in [5.74, 6) is 0.758. The van der Waals surface area contributed by atoms with Crippen LogP contribution in [0.1, 0.15) is 15.9 Å². The molecule has 0 saturated carbocycles. The minimum Gasteiger partial charge on any atom is -0.367 e. The van der Waals surface area contributed by atoms with Gasteiger partial charge in [0.15, 0.2) is 0 Å². The number of hydrogen-bond acceptors (Lipinski definition) is 5. The lowest BCUT2D eigenvalue weighted by atomic mass is 10.2. The zero-order valence-corrected chi connectivity index (χ0v) is 13.0. The second-order valence-electron chi connectivity index (χ2n) is 4.96. The predicted octanol–water partition coefficient (Wildman–Crippen LogP) is 2.84. The highest BCUT2D eigenvalue weighted by Gasteiger charge is 2.07. The van der Waals surface area contributed by atoms with Gasteiger partial charge in [0.1, 0.15) is 5.82 Å². The van der Waals surface area contributed by atoms with Gasteiger partial charge in [-0.05, 0) is 42.7 Å². The second-order valence-corrected chi connectivity index (χ2v) is 5.76. The monoisotopic (exact) mass is 312 g/mol. The molecule has 0 spiro atoms. The number of carbonyl (C=O) groups is 1. The van der Waals surface area contributed by atoms with Crippen molar-refractivity contribution in [2.45, 2.75) is 6.92 Å². The van der Waals surface area contributed by atoms with E-state index in [1.807, 2.05) is 0 Å². The lowest BCUT2D eigenvalue weighted by Crippen LogP contribution is -2.28. The third kappa shape index (κ3) is 3.23. The Hall–Kier alpha value is -2.47. The van der Waals surface area contributed by atoms with E-state index in [1.54, 1.807) is 24.5 Å². The summed E-state index contributed by atoms with van der Waals surface area (Å²) in [4.78, 5) is 15.8. The lowest BCUT2D eigenvalue weighted by Gasteiger charge is -2.06. The van der Waals surface area contributed by atoms with Crippen LogP contribution in [0.5, 0.6) is 0 Å². The van der Waals surface area contributed by atoms with Gasteiger partial charge in [0.2, 0.25) is 0 Å². The average Bonchev–Trinajstić information content (AvgIpc) is 2.94. The summed E-state index contributed by atoms with van der Waals surface area (Å²) in [5, 5.41) is 7.25. The van der Waals surface area contributed by atoms with Crippen molar-refractivity contribution in [1.29, 1.82) is 0 Å². The Balaban J connectivity index is 1.54. The van der Waals surface area contributed by atoms with Gasteiger partial charge in [-0.2, -0.15) is 4.37 Å². The van der Waals surface area contributed by atoms with Crippen molar-refractivity contribution in [3.8, 4) is 0 Å². The first-order chi connectivity index (χ1) is 10.7. The van der Waals surface area contributed by atoms with Gasteiger partial charge in [-0.15, -0.1) is 0 Å². The summed E-state index contributed by atoms with van der Waals surface area (Å²) < 4.78 is 5.58. The minimum atomic E-state index is -0.117. The molecule has 22 heavy (non-hydrogen) atoms. The Kier molecular flexibility index (Phi) is 4.29. The molecule has 0 saturated heterocycles. The minimum absolute atomic E-state index is 0.117. The lowest BCUT2D eigenvalue weighted by molar-refractivity contribution is 0.0955. The first-order valence-corrected chi connectivity index (χ1v) is 7.79. The Morgan fingerprint density at radius 2 is 2.18 bits per heavy atom. The first kappa shape index (κ1) is 14.5. The van der Waals surface area contributed by atoms with E-state index < -0.39 is 0 Å². The summed E-state index contributed by atoms with van der Waals surface area (Å²) in [5.41, 5.74) is 1.78. The Morgan fingerprint density at radius 1 is 1.27 bits per heavy atom. The zero-order chi connectivity index (χ0) is 15.4. The molecular weight excluding hydrogens is 296 g/mol. The van der Waals surface area contributed by atoms with Gasteiger partial charge in [-0.1, -0.05) is 11.6 Å². The van der Waals surface area contributed by atoms with Gasteiger partial charge in [-0.25, -0.2) is 0 Å². The molecule has 6 heteroatoms. The van der Waals surface area contributed by atoms with Crippen molar-refractivity contribution in [3.63, 3.8) is 0 Å². The topological polar surface area (TPSA) is 66.9 Å². The molecule has 3 aromatic rings. The summed E-state index contributed by atoms with van der Waals surface area (Å²) >= 11 is 1.48. The van der Waals surface area contributed by atoms with E-state index in [9.17, 15) is 4.79 Å². The number of pyridine rings is 1. The Morgan fingerprint density at radius 3 is 3.00 bits per heavy atom. The van der Waals surface area contributed by atoms with Crippen LogP contribution in [-0.2, 0) is 0 Å². The van der Waals surface area contributed by atoms with Crippen molar-refractivity contribution in [1.82, 2.24) is 14.7 Å². The molecule has 0 atom stereocenters. The van der Waals surface area contributed by atoms with Crippen molar-refractivity contribution >= 4 is 33.3 Å². The number of carbonyl (C=O) groups excluding carboxylic acids is 1. The fraction of sp³-hybridized carbons (Fsp3) is 0.188. The maximum Gasteiger partial charge on any atom is 0.252 e. The molecule has 0 aliphatic heterocycles. The average molecular weight is 312 g/mol. The molecule has 0 aliphatic carbocycles. The largest absolute Gasteiger partial charge is 0.367 e. The number of anilines is 1. The standard InChI is InChI=1S/C16H16N4OS/c1-11-4-5-14-13(9-11)15(20-22-14)18-7-8-19-16(21)12-3-2-6-17-10-12/h2-6,9-10H,7-8H2,1H3,(H,18,20)(H,19,21). The summed E-state index contributed by atoms with van der Waals surface area (Å²) in [6.45, 7) is 3.21. The van der Waals surface area contributed by atoms with E-state index in [4.69, 9.17) is 0 Å². The molecular formula is C16H16N4OS. The van der Waals surface area contributed by atoms with E-state index in [1.165, 1.54) is 17.1 Å². The van der Waals surface area contributed by atoms with Crippen LogP contribution < -0.4 is 10.6 Å². The number of benzene rings is 1. The molecule has 3 rings (SSSR count). The molecule has 0 unspecified atom stereocenters. The number of rotatable bonds is 5. The smallest absolute Gasteiger partial charge is 0.252 e. The molecule has 112 valence electrons. The zero-order valence-electron chi connectivity index (χ0n) is 12.2. The van der Waals surface area contributed by atoms with Crippen molar-refractivity contribution in [2.75, 3.05) is 18.4 Å². The van der Waals surface area contributed by atoms with Gasteiger partial charge < -0.3 is 10.6 Å². The summed E-state index contributed by atoms with van der Waals surface area (Å²) in [6.07, 6.45) is 3.20. The number of nitrogens with one attached hydrogen (secondary N) is 2. The van der Waals surface area contributed by atoms with Crippen LogP contribution in [0.4, 0.5) is 5.82 Å². The number of nitrogens with zero attached hydrogens (tertiary/aromatic N) is 2. The number of fused-ring (bicyclic) bond motifs is 1. The highest BCUT2D eigenvalue weighted by Crippen LogP contribution is 2.27. The fourth-order valence-corrected chi connectivity index (χ4v) is 2.87. The van der Waals surface area contributed by atoms with Crippen LogP contribution in [-0.4, -0.2) is 28.4 Å². The molecule has 5 nitrogen and oxygen atoms in total. The van der Waals surface area contributed by atoms with Crippen molar-refractivity contribution in [3.05, 3.63) is 53.9 Å². The van der Waals surface area contributed by atoms with Gasteiger partial charge in [0.25, 0.3) is 5.91 Å². The van der Waals surface area contributed by atoms with Crippen LogP contribution in [0, 0.1) is 6.92 Å². The maximum absolute atomic E-state index is 11.9. The molecule has 2 aromatic heterocycles. The van der Waals surface area contributed by atoms with E-state index in [2.05, 4.69) is 45.1 Å². The van der Waals surface area contributed by atoms with E-state index in [0.29, 0.717) is 18.7 Å². The fourth-order valence-electron chi connectivity index (χ4n) is 2.14. The second kappa shape index (κ2) is 6.53. The molecule has 2 heterocycles. The quantitative estimate of drug-likeness (QED) is 0.711. The molecule has 0 aliphatic rings. The normalized spacial score (nSPS) is 10.6. The van der Waals surface area contributed by atoms with Crippen LogP contribution in [0.2, 0.25) is 0 Å². The summed E-state index contributed by atoms with van der Waals surface area (Å²) in [6, 6.07) is 9.77. The maximum atomic E-state index is 11.9. The highest BCUT2D eigenvalue weighted by molar-refractivity contribution is 7.13. The third-order valence-electron chi connectivity index (χ3n) is 3.25. The SMILES string of the molecule is Cc1ccc2snc(NCCNC(=O)c3cccnc3)c2c1. The molecule has 0 bridgehead atoms. The van der Waals surface area contributed by atoms with Gasteiger partial charge in [0, 0.05) is 30.9 Å². The van der Waals surface area contributed by atoms with Gasteiger partial charge >= 0.3 is 0 Å². The molecule has 0 fully saturated rings. The number of amides is 1. The predicted molar refractivity (Wildman–Crippen MR) is 89.4 cm³/mol. The highest BCUT2D eigenvalue weighted by atomic mass is 32.1. The molecule has 1 aromatic carbocycles. The number of aromatic nitrogens is 2. The van der Waals surface area contributed by atoms with E-state index in [-0.39, 0.29) is 5.91 Å². The van der Waals surface area contributed by atoms with Crippen LogP contribution in [0.25, 0.3) is 10.1 Å². The molecule has 1 amide bonds. The third-order valence-corrected chi connectivity index (χ3v) is 4.08. The van der Waals surface area contributed by atoms with E-state index >= 15 is 0 Å². The van der Waals surface area contributed by atoms with Crippen LogP contribution >= 0.6 is 11.5 Å². The Bertz CT molecular complexity index is 785. The van der Waals surface area contributed by atoms with Crippen LogP contribution in [0.3, 0.4) is 0 Å². The number of hydrogen-bond donors (Lipinski definition) is 2. The van der Waals surface area contributed by atoms with Crippen molar-refractivity contribution < 1.29 is 4.79 Å². The molecule has 2 N–H and O–H groups in total. The van der Waals surface area contributed by atoms with Gasteiger partial charge in [-0.3, -0.25) is 9.78 Å². The van der Waals surface area contributed by atoms with E-state index in [0.717, 1.165) is 15.9 Å². The first-order valence-electron chi connectivity index (χ1n) is 7.02. The van der Waals surface area contributed by atoms with Crippen LogP contribution in [0.15, 0.2) is 42.7 Å². The van der Waals surface area contributed by atoms with Gasteiger partial charge in [0.05, 0.1) is 10.3 Å².